The molecular weight excluding hydrogens is 283 g/mol. The third-order valence-corrected chi connectivity index (χ3v) is 6.50. The van der Waals surface area contributed by atoms with Gasteiger partial charge < -0.3 is 14.1 Å². The molecule has 1 heterocycles. The number of hydrogen-bond acceptors (Lipinski definition) is 3. The average molecular weight is 298 g/mol. The molecule has 0 bridgehead atoms. The van der Waals surface area contributed by atoms with E-state index in [0.717, 1.165) is 0 Å². The van der Waals surface area contributed by atoms with Crippen molar-refractivity contribution in [1.29, 1.82) is 0 Å². The predicted octanol–water partition coefficient (Wildman–Crippen LogP) is 3.28. The summed E-state index contributed by atoms with van der Waals surface area (Å²) in [5.41, 5.74) is 0. The first-order valence-corrected chi connectivity index (χ1v) is 8.43. The minimum absolute atomic E-state index is 0.311. The summed E-state index contributed by atoms with van der Waals surface area (Å²) in [4.78, 5) is 0. The fraction of sp³-hybridized carbons (Fsp3) is 0.0588. The first-order chi connectivity index (χ1) is 10.2. The Morgan fingerprint density at radius 2 is 1.33 bits per heavy atom. The molecule has 0 unspecified atom stereocenters. The molecule has 0 aliphatic heterocycles. The van der Waals surface area contributed by atoms with Crippen molar-refractivity contribution in [3.05, 3.63) is 84.8 Å². The van der Waals surface area contributed by atoms with Gasteiger partial charge in [0, 0.05) is 10.6 Å². The molecule has 2 aromatic carbocycles. The van der Waals surface area contributed by atoms with Crippen LogP contribution in [-0.4, -0.2) is 5.11 Å². The molecule has 3 rings (SSSR count). The number of hydrogen-bond donors (Lipinski definition) is 1. The van der Waals surface area contributed by atoms with Gasteiger partial charge in [0.2, 0.25) is 0 Å². The van der Waals surface area contributed by atoms with E-state index in [2.05, 4.69) is 0 Å². The number of aliphatic hydroxyl groups is 1. The lowest BCUT2D eigenvalue weighted by molar-refractivity contribution is 0.224. The zero-order valence-electron chi connectivity index (χ0n) is 11.3. The van der Waals surface area contributed by atoms with Crippen LogP contribution in [0.3, 0.4) is 0 Å². The predicted molar refractivity (Wildman–Crippen MR) is 83.4 cm³/mol. The van der Waals surface area contributed by atoms with E-state index in [9.17, 15) is 9.67 Å². The van der Waals surface area contributed by atoms with Crippen molar-refractivity contribution < 1.29 is 14.1 Å². The van der Waals surface area contributed by atoms with E-state index in [1.807, 2.05) is 36.4 Å². The standard InChI is InChI=1S/C17H15O3P/c18-17(16-12-7-13-20-16)21(19,14-8-3-1-4-9-14)15-10-5-2-6-11-15/h1-13,17-18H/t17-/m0/s1. The number of benzene rings is 2. The minimum atomic E-state index is -3.24. The van der Waals surface area contributed by atoms with Crippen molar-refractivity contribution in [3.63, 3.8) is 0 Å². The van der Waals surface area contributed by atoms with Crippen LogP contribution in [-0.2, 0) is 4.57 Å². The highest BCUT2D eigenvalue weighted by Gasteiger charge is 2.38. The van der Waals surface area contributed by atoms with E-state index in [0.29, 0.717) is 16.4 Å². The van der Waals surface area contributed by atoms with Gasteiger partial charge in [0.15, 0.2) is 13.0 Å². The van der Waals surface area contributed by atoms with Gasteiger partial charge in [-0.1, -0.05) is 60.7 Å². The van der Waals surface area contributed by atoms with E-state index in [4.69, 9.17) is 4.42 Å². The lowest BCUT2D eigenvalue weighted by Crippen LogP contribution is -2.21. The molecule has 0 saturated carbocycles. The molecule has 0 fully saturated rings. The van der Waals surface area contributed by atoms with E-state index in [-0.39, 0.29) is 0 Å². The van der Waals surface area contributed by atoms with E-state index in [1.54, 1.807) is 36.4 Å². The number of rotatable bonds is 4. The summed E-state index contributed by atoms with van der Waals surface area (Å²) in [6, 6.07) is 21.4. The van der Waals surface area contributed by atoms with E-state index < -0.39 is 13.0 Å². The third-order valence-electron chi connectivity index (χ3n) is 3.42. The second kappa shape index (κ2) is 5.72. The second-order valence-corrected chi connectivity index (χ2v) is 7.56. The maximum Gasteiger partial charge on any atom is 0.177 e. The molecule has 3 aromatic rings. The first-order valence-electron chi connectivity index (χ1n) is 6.65. The van der Waals surface area contributed by atoms with Crippen LogP contribution in [0.1, 0.15) is 11.6 Å². The van der Waals surface area contributed by atoms with Crippen molar-refractivity contribution in [1.82, 2.24) is 0 Å². The first kappa shape index (κ1) is 13.9. The topological polar surface area (TPSA) is 50.4 Å². The van der Waals surface area contributed by atoms with Crippen molar-refractivity contribution in [2.75, 3.05) is 0 Å². The Bertz CT molecular complexity index is 693. The molecule has 0 aliphatic carbocycles. The van der Waals surface area contributed by atoms with Gasteiger partial charge in [-0.05, 0) is 12.1 Å². The molecule has 0 amide bonds. The van der Waals surface area contributed by atoms with Gasteiger partial charge in [-0.25, -0.2) is 0 Å². The highest BCUT2D eigenvalue weighted by atomic mass is 31.2. The fourth-order valence-electron chi connectivity index (χ4n) is 2.35. The highest BCUT2D eigenvalue weighted by Crippen LogP contribution is 2.55. The zero-order chi connectivity index (χ0) is 14.7. The quantitative estimate of drug-likeness (QED) is 0.752. The van der Waals surface area contributed by atoms with Gasteiger partial charge in [-0.3, -0.25) is 0 Å². The summed E-state index contributed by atoms with van der Waals surface area (Å²) in [7, 11) is -3.24. The SMILES string of the molecule is O=P(c1ccccc1)(c1ccccc1)[C@H](O)c1ccco1. The van der Waals surface area contributed by atoms with Gasteiger partial charge in [-0.2, -0.15) is 0 Å². The molecule has 0 radical (unpaired) electrons. The van der Waals surface area contributed by atoms with E-state index in [1.165, 1.54) is 6.26 Å². The molecule has 1 N–H and O–H groups in total. The van der Waals surface area contributed by atoms with Crippen LogP contribution in [0.25, 0.3) is 0 Å². The van der Waals surface area contributed by atoms with Gasteiger partial charge in [0.1, 0.15) is 5.76 Å². The molecule has 1 atom stereocenters. The summed E-state index contributed by atoms with van der Waals surface area (Å²) >= 11 is 0. The minimum Gasteiger partial charge on any atom is -0.466 e. The van der Waals surface area contributed by atoms with Crippen LogP contribution in [0.4, 0.5) is 0 Å². The van der Waals surface area contributed by atoms with Crippen LogP contribution in [0.2, 0.25) is 0 Å². The molecule has 21 heavy (non-hydrogen) atoms. The average Bonchev–Trinajstić information content (AvgIpc) is 3.09. The van der Waals surface area contributed by atoms with Crippen LogP contribution in [0.5, 0.6) is 0 Å². The Labute approximate surface area is 123 Å². The lowest BCUT2D eigenvalue weighted by Gasteiger charge is -2.23. The van der Waals surface area contributed by atoms with Crippen molar-refractivity contribution in [2.45, 2.75) is 5.85 Å². The summed E-state index contributed by atoms with van der Waals surface area (Å²) < 4.78 is 19.0. The Hall–Kier alpha value is -2.09. The van der Waals surface area contributed by atoms with Crippen LogP contribution < -0.4 is 10.6 Å². The molecule has 106 valence electrons. The zero-order valence-corrected chi connectivity index (χ0v) is 12.2. The van der Waals surface area contributed by atoms with Gasteiger partial charge >= 0.3 is 0 Å². The Kier molecular flexibility index (Phi) is 3.78. The van der Waals surface area contributed by atoms with Crippen LogP contribution in [0.15, 0.2) is 83.5 Å². The van der Waals surface area contributed by atoms with Crippen LogP contribution in [0, 0.1) is 0 Å². The van der Waals surface area contributed by atoms with Crippen molar-refractivity contribution in [2.24, 2.45) is 0 Å². The molecule has 3 nitrogen and oxygen atoms in total. The molecule has 4 heteroatoms. The van der Waals surface area contributed by atoms with Crippen molar-refractivity contribution in [3.8, 4) is 0 Å². The Balaban J connectivity index is 2.19. The maximum absolute atomic E-state index is 13.7. The summed E-state index contributed by atoms with van der Waals surface area (Å²) in [5, 5.41) is 11.9. The smallest absolute Gasteiger partial charge is 0.177 e. The van der Waals surface area contributed by atoms with E-state index >= 15 is 0 Å². The molecule has 0 spiro atoms. The van der Waals surface area contributed by atoms with Crippen molar-refractivity contribution >= 4 is 17.8 Å². The highest BCUT2D eigenvalue weighted by molar-refractivity contribution is 7.78. The lowest BCUT2D eigenvalue weighted by atomic mass is 10.4. The second-order valence-electron chi connectivity index (χ2n) is 4.72. The summed E-state index contributed by atoms with van der Waals surface area (Å²) in [6.07, 6.45) is 1.47. The largest absolute Gasteiger partial charge is 0.466 e. The van der Waals surface area contributed by atoms with Gasteiger partial charge in [0.25, 0.3) is 0 Å². The third kappa shape index (κ3) is 2.46. The molecule has 0 saturated heterocycles. The molecular formula is C17H15O3P. The fourth-order valence-corrected chi connectivity index (χ4v) is 4.95. The number of aliphatic hydroxyl groups excluding tert-OH is 1. The maximum atomic E-state index is 13.7. The molecule has 1 aromatic heterocycles. The monoisotopic (exact) mass is 298 g/mol. The number of furan rings is 1. The summed E-state index contributed by atoms with van der Waals surface area (Å²) in [5.74, 6) is -0.886. The van der Waals surface area contributed by atoms with Gasteiger partial charge in [-0.15, -0.1) is 0 Å². The Morgan fingerprint density at radius 1 is 0.810 bits per heavy atom. The summed E-state index contributed by atoms with van der Waals surface area (Å²) in [6.45, 7) is 0. The molecule has 0 aliphatic rings. The Morgan fingerprint density at radius 3 is 1.76 bits per heavy atom. The van der Waals surface area contributed by atoms with Gasteiger partial charge in [0.05, 0.1) is 6.26 Å². The van der Waals surface area contributed by atoms with Crippen LogP contribution >= 0.6 is 7.14 Å². The normalized spacial score (nSPS) is 13.0.